The molecule has 0 saturated carbocycles. The van der Waals surface area contributed by atoms with Crippen molar-refractivity contribution >= 4 is 45.8 Å². The summed E-state index contributed by atoms with van der Waals surface area (Å²) in [6.07, 6.45) is -0.106. The number of anilines is 3. The van der Waals surface area contributed by atoms with Gasteiger partial charge in [-0.3, -0.25) is 15.5 Å². The average Bonchev–Trinajstić information content (AvgIpc) is 3.14. The van der Waals surface area contributed by atoms with Gasteiger partial charge in [0, 0.05) is 11.4 Å². The fourth-order valence-corrected chi connectivity index (χ4v) is 2.88. The summed E-state index contributed by atoms with van der Waals surface area (Å²) < 4.78 is 0. The summed E-state index contributed by atoms with van der Waals surface area (Å²) in [6.45, 7) is 0. The normalized spacial score (nSPS) is 9.93. The minimum atomic E-state index is -0.582. The first-order valence-electron chi connectivity index (χ1n) is 8.45. The van der Waals surface area contributed by atoms with Gasteiger partial charge in [-0.15, -0.1) is 10.2 Å². The van der Waals surface area contributed by atoms with E-state index in [4.69, 9.17) is 0 Å². The fraction of sp³-hybridized carbons (Fsp3) is 0.0556. The number of nitrogens with one attached hydrogen (secondary N) is 5. The van der Waals surface area contributed by atoms with Crippen LogP contribution >= 0.6 is 11.3 Å². The molecule has 0 aliphatic heterocycles. The molecule has 11 heteroatoms. The SMILES string of the molecule is O=C(Cc1nnc(NC(=O)Nc2ccccc2)s1)NNC(=O)Nc1ccccc1. The Morgan fingerprint density at radius 3 is 1.93 bits per heavy atom. The zero-order chi connectivity index (χ0) is 20.5. The number of hydrogen-bond donors (Lipinski definition) is 5. The molecule has 29 heavy (non-hydrogen) atoms. The Labute approximate surface area is 169 Å². The van der Waals surface area contributed by atoms with Gasteiger partial charge in [0.15, 0.2) is 0 Å². The molecule has 3 rings (SSSR count). The molecule has 0 fully saturated rings. The Kier molecular flexibility index (Phi) is 6.68. The van der Waals surface area contributed by atoms with Crippen LogP contribution in [0.15, 0.2) is 60.7 Å². The van der Waals surface area contributed by atoms with Gasteiger partial charge < -0.3 is 10.6 Å². The van der Waals surface area contributed by atoms with Crippen LogP contribution in [0.5, 0.6) is 0 Å². The van der Waals surface area contributed by atoms with Crippen LogP contribution in [0.3, 0.4) is 0 Å². The number of benzene rings is 2. The minimum absolute atomic E-state index is 0.106. The Balaban J connectivity index is 1.41. The maximum absolute atomic E-state index is 11.9. The second-order valence-electron chi connectivity index (χ2n) is 5.62. The van der Waals surface area contributed by atoms with E-state index in [0.29, 0.717) is 16.4 Å². The minimum Gasteiger partial charge on any atom is -0.308 e. The van der Waals surface area contributed by atoms with Crippen LogP contribution < -0.4 is 26.8 Å². The highest BCUT2D eigenvalue weighted by atomic mass is 32.1. The predicted octanol–water partition coefficient (Wildman–Crippen LogP) is 2.58. The molecule has 0 aliphatic rings. The number of hydrogen-bond acceptors (Lipinski definition) is 6. The maximum Gasteiger partial charge on any atom is 0.337 e. The van der Waals surface area contributed by atoms with Crippen molar-refractivity contribution in [1.82, 2.24) is 21.0 Å². The molecule has 0 radical (unpaired) electrons. The van der Waals surface area contributed by atoms with Gasteiger partial charge in [-0.25, -0.2) is 15.0 Å². The first-order chi connectivity index (χ1) is 14.1. The molecule has 1 heterocycles. The van der Waals surface area contributed by atoms with Gasteiger partial charge in [-0.1, -0.05) is 47.7 Å². The third kappa shape index (κ3) is 6.59. The first-order valence-corrected chi connectivity index (χ1v) is 9.26. The second-order valence-corrected chi connectivity index (χ2v) is 6.68. The second kappa shape index (κ2) is 9.80. The molecular weight excluding hydrogens is 394 g/mol. The molecule has 1 aromatic heterocycles. The van der Waals surface area contributed by atoms with E-state index in [1.165, 1.54) is 0 Å². The monoisotopic (exact) mass is 411 g/mol. The summed E-state index contributed by atoms with van der Waals surface area (Å²) in [7, 11) is 0. The lowest BCUT2D eigenvalue weighted by Gasteiger charge is -2.08. The number of para-hydroxylation sites is 2. The lowest BCUT2D eigenvalue weighted by Crippen LogP contribution is -2.44. The molecule has 0 bridgehead atoms. The van der Waals surface area contributed by atoms with Crippen LogP contribution in [0.2, 0.25) is 0 Å². The third-order valence-corrected chi connectivity index (χ3v) is 4.22. The van der Waals surface area contributed by atoms with Crippen molar-refractivity contribution in [1.29, 1.82) is 0 Å². The topological polar surface area (TPSA) is 137 Å². The van der Waals surface area contributed by atoms with Crippen LogP contribution in [0, 0.1) is 0 Å². The van der Waals surface area contributed by atoms with Crippen molar-refractivity contribution < 1.29 is 14.4 Å². The first kappa shape index (κ1) is 19.8. The van der Waals surface area contributed by atoms with Gasteiger partial charge in [0.25, 0.3) is 0 Å². The number of nitrogens with zero attached hydrogens (tertiary/aromatic N) is 2. The number of rotatable bonds is 5. The summed E-state index contributed by atoms with van der Waals surface area (Å²) in [6, 6.07) is 16.7. The Morgan fingerprint density at radius 2 is 1.31 bits per heavy atom. The van der Waals surface area contributed by atoms with Gasteiger partial charge in [-0.05, 0) is 24.3 Å². The van der Waals surface area contributed by atoms with E-state index in [0.717, 1.165) is 11.3 Å². The zero-order valence-electron chi connectivity index (χ0n) is 15.0. The summed E-state index contributed by atoms with van der Waals surface area (Å²) in [5.74, 6) is -0.482. The number of amides is 5. The highest BCUT2D eigenvalue weighted by molar-refractivity contribution is 7.15. The molecule has 0 spiro atoms. The van der Waals surface area contributed by atoms with Crippen LogP contribution in [0.4, 0.5) is 26.1 Å². The highest BCUT2D eigenvalue weighted by Gasteiger charge is 2.12. The van der Waals surface area contributed by atoms with Gasteiger partial charge in [-0.2, -0.15) is 0 Å². The van der Waals surface area contributed by atoms with Crippen molar-refractivity contribution in [2.24, 2.45) is 0 Å². The summed E-state index contributed by atoms with van der Waals surface area (Å²) >= 11 is 1.05. The Hall–Kier alpha value is -3.99. The number of carbonyl (C=O) groups is 3. The van der Waals surface area contributed by atoms with E-state index in [1.54, 1.807) is 48.5 Å². The number of carbonyl (C=O) groups excluding carboxylic acids is 3. The summed E-state index contributed by atoms with van der Waals surface area (Å²) in [5.41, 5.74) is 5.74. The van der Waals surface area contributed by atoms with Crippen molar-refractivity contribution in [3.8, 4) is 0 Å². The predicted molar refractivity (Wildman–Crippen MR) is 109 cm³/mol. The maximum atomic E-state index is 11.9. The van der Waals surface area contributed by atoms with Crippen molar-refractivity contribution in [3.05, 3.63) is 65.7 Å². The van der Waals surface area contributed by atoms with E-state index in [2.05, 4.69) is 37.0 Å². The van der Waals surface area contributed by atoms with E-state index in [1.807, 2.05) is 12.1 Å². The Bertz CT molecular complexity index is 979. The number of aromatic nitrogens is 2. The molecule has 148 valence electrons. The van der Waals surface area contributed by atoms with Gasteiger partial charge in [0.2, 0.25) is 11.0 Å². The summed E-state index contributed by atoms with van der Waals surface area (Å²) in [4.78, 5) is 35.6. The molecule has 5 amide bonds. The van der Waals surface area contributed by atoms with Crippen LogP contribution in [-0.2, 0) is 11.2 Å². The van der Waals surface area contributed by atoms with Crippen LogP contribution in [-0.4, -0.2) is 28.2 Å². The molecule has 0 atom stereocenters. The van der Waals surface area contributed by atoms with Gasteiger partial charge in [0.1, 0.15) is 5.01 Å². The Morgan fingerprint density at radius 1 is 0.724 bits per heavy atom. The summed E-state index contributed by atoms with van der Waals surface area (Å²) in [5, 5.41) is 16.0. The van der Waals surface area contributed by atoms with Crippen LogP contribution in [0.25, 0.3) is 0 Å². The van der Waals surface area contributed by atoms with E-state index in [9.17, 15) is 14.4 Å². The lowest BCUT2D eigenvalue weighted by molar-refractivity contribution is -0.121. The molecule has 2 aromatic carbocycles. The van der Waals surface area contributed by atoms with Crippen molar-refractivity contribution in [3.63, 3.8) is 0 Å². The van der Waals surface area contributed by atoms with Crippen molar-refractivity contribution in [2.45, 2.75) is 6.42 Å². The fourth-order valence-electron chi connectivity index (χ4n) is 2.15. The smallest absolute Gasteiger partial charge is 0.308 e. The van der Waals surface area contributed by atoms with Crippen LogP contribution in [0.1, 0.15) is 5.01 Å². The molecular formula is C18H17N7O3S. The average molecular weight is 411 g/mol. The standard InChI is InChI=1S/C18H17N7O3S/c26-14(22-24-17(28)20-13-9-5-2-6-10-13)11-15-23-25-18(29-15)21-16(27)19-12-7-3-1-4-8-12/h1-10H,11H2,(H,22,26)(H2,20,24,28)(H2,19,21,25,27). The van der Waals surface area contributed by atoms with Crippen molar-refractivity contribution in [2.75, 3.05) is 16.0 Å². The largest absolute Gasteiger partial charge is 0.337 e. The number of urea groups is 2. The number of hydrazine groups is 1. The molecule has 0 aliphatic carbocycles. The lowest BCUT2D eigenvalue weighted by atomic mass is 10.3. The van der Waals surface area contributed by atoms with E-state index in [-0.39, 0.29) is 11.6 Å². The molecule has 5 N–H and O–H groups in total. The van der Waals surface area contributed by atoms with Gasteiger partial charge in [0.05, 0.1) is 6.42 Å². The zero-order valence-corrected chi connectivity index (χ0v) is 15.8. The molecule has 0 saturated heterocycles. The van der Waals surface area contributed by atoms with E-state index < -0.39 is 18.0 Å². The van der Waals surface area contributed by atoms with E-state index >= 15 is 0 Å². The third-order valence-electron chi connectivity index (χ3n) is 3.38. The quantitative estimate of drug-likeness (QED) is 0.411. The van der Waals surface area contributed by atoms with Gasteiger partial charge >= 0.3 is 12.1 Å². The molecule has 0 unspecified atom stereocenters. The molecule has 10 nitrogen and oxygen atoms in total. The highest BCUT2D eigenvalue weighted by Crippen LogP contribution is 2.16. The molecule has 3 aromatic rings.